The molecule has 3 amide bonds. The van der Waals surface area contributed by atoms with Crippen LogP contribution in [0.2, 0.25) is 0 Å². The maximum atomic E-state index is 12.6. The summed E-state index contributed by atoms with van der Waals surface area (Å²) in [6.45, 7) is 6.95. The van der Waals surface area contributed by atoms with Gasteiger partial charge in [-0.2, -0.15) is 0 Å². The normalized spacial score (nSPS) is 10.8. The third-order valence-corrected chi connectivity index (χ3v) is 4.17. The van der Waals surface area contributed by atoms with E-state index in [0.717, 1.165) is 11.1 Å². The minimum atomic E-state index is -1.24. The number of hydrogen-bond acceptors (Lipinski definition) is 3. The van der Waals surface area contributed by atoms with Gasteiger partial charge in [-0.25, -0.2) is 0 Å². The van der Waals surface area contributed by atoms with Crippen LogP contribution in [0.25, 0.3) is 0 Å². The number of hydrogen-bond donors (Lipinski definition) is 3. The van der Waals surface area contributed by atoms with E-state index in [1.807, 2.05) is 31.2 Å². The molecule has 3 N–H and O–H groups in total. The van der Waals surface area contributed by atoms with Crippen LogP contribution < -0.4 is 16.0 Å². The lowest BCUT2D eigenvalue weighted by Crippen LogP contribution is -2.44. The van der Waals surface area contributed by atoms with Crippen LogP contribution in [0.1, 0.15) is 31.9 Å². The first-order valence-electron chi connectivity index (χ1n) is 8.71. The summed E-state index contributed by atoms with van der Waals surface area (Å²) in [6.07, 6.45) is 0. The predicted molar refractivity (Wildman–Crippen MR) is 106 cm³/mol. The van der Waals surface area contributed by atoms with Crippen molar-refractivity contribution >= 4 is 29.1 Å². The number of benzene rings is 2. The zero-order valence-electron chi connectivity index (χ0n) is 16.1. The van der Waals surface area contributed by atoms with Gasteiger partial charge in [0.05, 0.1) is 0 Å². The van der Waals surface area contributed by atoms with Gasteiger partial charge >= 0.3 is 0 Å². The van der Waals surface area contributed by atoms with E-state index in [9.17, 15) is 14.4 Å². The van der Waals surface area contributed by atoms with Crippen LogP contribution in [0.3, 0.4) is 0 Å². The summed E-state index contributed by atoms with van der Waals surface area (Å²) in [5, 5.41) is 8.20. The van der Waals surface area contributed by atoms with Crippen molar-refractivity contribution in [2.75, 3.05) is 10.6 Å². The van der Waals surface area contributed by atoms with Gasteiger partial charge in [0, 0.05) is 24.8 Å². The van der Waals surface area contributed by atoms with Crippen molar-refractivity contribution < 1.29 is 14.4 Å². The Balaban J connectivity index is 1.95. The van der Waals surface area contributed by atoms with Crippen molar-refractivity contribution in [3.8, 4) is 0 Å². The summed E-state index contributed by atoms with van der Waals surface area (Å²) < 4.78 is 0. The van der Waals surface area contributed by atoms with Gasteiger partial charge in [-0.1, -0.05) is 29.8 Å². The van der Waals surface area contributed by atoms with Gasteiger partial charge in [0.25, 0.3) is 0 Å². The molecule has 0 radical (unpaired) electrons. The second kappa shape index (κ2) is 8.49. The summed E-state index contributed by atoms with van der Waals surface area (Å²) in [4.78, 5) is 36.1. The Morgan fingerprint density at radius 3 is 1.85 bits per heavy atom. The molecule has 6 heteroatoms. The van der Waals surface area contributed by atoms with Crippen molar-refractivity contribution in [1.82, 2.24) is 5.32 Å². The van der Waals surface area contributed by atoms with E-state index >= 15 is 0 Å². The fourth-order valence-corrected chi connectivity index (χ4v) is 2.34. The lowest BCUT2D eigenvalue weighted by Gasteiger charge is -2.23. The van der Waals surface area contributed by atoms with Crippen molar-refractivity contribution in [3.63, 3.8) is 0 Å². The van der Waals surface area contributed by atoms with E-state index < -0.39 is 11.3 Å². The van der Waals surface area contributed by atoms with Gasteiger partial charge in [0.1, 0.15) is 5.41 Å². The molecular formula is C21H25N3O3. The number of amides is 3. The highest BCUT2D eigenvalue weighted by Gasteiger charge is 2.35. The lowest BCUT2D eigenvalue weighted by molar-refractivity contribution is -0.138. The van der Waals surface area contributed by atoms with Crippen LogP contribution in [0.5, 0.6) is 0 Å². The average Bonchev–Trinajstić information content (AvgIpc) is 2.62. The second-order valence-electron chi connectivity index (χ2n) is 7.01. The molecule has 0 heterocycles. The molecule has 0 atom stereocenters. The highest BCUT2D eigenvalue weighted by Crippen LogP contribution is 2.20. The molecule has 0 spiro atoms. The highest BCUT2D eigenvalue weighted by atomic mass is 16.2. The minimum Gasteiger partial charge on any atom is -0.351 e. The van der Waals surface area contributed by atoms with Crippen LogP contribution >= 0.6 is 0 Å². The van der Waals surface area contributed by atoms with Crippen LogP contribution in [0, 0.1) is 12.3 Å². The molecule has 0 unspecified atom stereocenters. The molecule has 0 aliphatic carbocycles. The Kier molecular flexibility index (Phi) is 6.34. The van der Waals surface area contributed by atoms with Gasteiger partial charge in [-0.15, -0.1) is 0 Å². The van der Waals surface area contributed by atoms with Crippen LogP contribution in [-0.4, -0.2) is 17.7 Å². The van der Waals surface area contributed by atoms with Gasteiger partial charge in [-0.3, -0.25) is 14.4 Å². The SMILES string of the molecule is CC(=O)Nc1ccc(NC(=O)C(C)(C)C(=O)NCc2ccc(C)cc2)cc1. The Hall–Kier alpha value is -3.15. The van der Waals surface area contributed by atoms with Gasteiger partial charge < -0.3 is 16.0 Å². The standard InChI is InChI=1S/C21H25N3O3/c1-14-5-7-16(8-6-14)13-22-19(26)21(3,4)20(27)24-18-11-9-17(10-12-18)23-15(2)25/h5-12H,13H2,1-4H3,(H,22,26)(H,23,25)(H,24,27). The second-order valence-corrected chi connectivity index (χ2v) is 7.01. The van der Waals surface area contributed by atoms with Crippen molar-refractivity contribution in [3.05, 3.63) is 59.7 Å². The van der Waals surface area contributed by atoms with E-state index in [4.69, 9.17) is 0 Å². The first kappa shape index (κ1) is 20.2. The topological polar surface area (TPSA) is 87.3 Å². The molecule has 0 aromatic heterocycles. The first-order valence-corrected chi connectivity index (χ1v) is 8.71. The number of aryl methyl sites for hydroxylation is 1. The van der Waals surface area contributed by atoms with Crippen molar-refractivity contribution in [2.24, 2.45) is 5.41 Å². The number of carbonyl (C=O) groups is 3. The van der Waals surface area contributed by atoms with E-state index in [2.05, 4.69) is 16.0 Å². The Morgan fingerprint density at radius 1 is 0.815 bits per heavy atom. The smallest absolute Gasteiger partial charge is 0.239 e. The van der Waals surface area contributed by atoms with E-state index in [0.29, 0.717) is 17.9 Å². The zero-order valence-corrected chi connectivity index (χ0v) is 16.1. The molecule has 2 rings (SSSR count). The minimum absolute atomic E-state index is 0.168. The monoisotopic (exact) mass is 367 g/mol. The summed E-state index contributed by atoms with van der Waals surface area (Å²) in [6, 6.07) is 14.5. The number of anilines is 2. The summed E-state index contributed by atoms with van der Waals surface area (Å²) in [5.74, 6) is -0.926. The molecule has 2 aromatic carbocycles. The molecule has 0 bridgehead atoms. The molecule has 2 aromatic rings. The summed E-state index contributed by atoms with van der Waals surface area (Å²) >= 11 is 0. The summed E-state index contributed by atoms with van der Waals surface area (Å²) in [5.41, 5.74) is 2.07. The molecular weight excluding hydrogens is 342 g/mol. The molecule has 0 aliphatic heterocycles. The molecule has 0 fully saturated rings. The molecule has 6 nitrogen and oxygen atoms in total. The lowest BCUT2D eigenvalue weighted by atomic mass is 9.90. The number of carbonyl (C=O) groups excluding carboxylic acids is 3. The highest BCUT2D eigenvalue weighted by molar-refractivity contribution is 6.09. The molecule has 0 saturated heterocycles. The quantitative estimate of drug-likeness (QED) is 0.685. The van der Waals surface area contributed by atoms with Gasteiger partial charge in [0.15, 0.2) is 0 Å². The summed E-state index contributed by atoms with van der Waals surface area (Å²) in [7, 11) is 0. The van der Waals surface area contributed by atoms with Crippen molar-refractivity contribution in [2.45, 2.75) is 34.2 Å². The van der Waals surface area contributed by atoms with Gasteiger partial charge in [-0.05, 0) is 50.6 Å². The van der Waals surface area contributed by atoms with E-state index in [1.54, 1.807) is 38.1 Å². The average molecular weight is 367 g/mol. The Morgan fingerprint density at radius 2 is 1.33 bits per heavy atom. The van der Waals surface area contributed by atoms with Gasteiger partial charge in [0.2, 0.25) is 17.7 Å². The fraction of sp³-hybridized carbons (Fsp3) is 0.286. The third kappa shape index (κ3) is 5.67. The van der Waals surface area contributed by atoms with E-state index in [1.165, 1.54) is 6.92 Å². The Labute approximate surface area is 159 Å². The maximum absolute atomic E-state index is 12.6. The third-order valence-electron chi connectivity index (χ3n) is 4.17. The zero-order chi connectivity index (χ0) is 20.0. The Bertz CT molecular complexity index is 825. The first-order chi connectivity index (χ1) is 12.7. The maximum Gasteiger partial charge on any atom is 0.239 e. The molecule has 0 saturated carbocycles. The van der Waals surface area contributed by atoms with Crippen LogP contribution in [0.15, 0.2) is 48.5 Å². The van der Waals surface area contributed by atoms with Crippen LogP contribution in [0.4, 0.5) is 11.4 Å². The molecule has 142 valence electrons. The van der Waals surface area contributed by atoms with E-state index in [-0.39, 0.29) is 11.8 Å². The largest absolute Gasteiger partial charge is 0.351 e. The fourth-order valence-electron chi connectivity index (χ4n) is 2.34. The number of rotatable bonds is 6. The predicted octanol–water partition coefficient (Wildman–Crippen LogP) is 3.23. The molecule has 27 heavy (non-hydrogen) atoms. The number of nitrogens with one attached hydrogen (secondary N) is 3. The molecule has 0 aliphatic rings. The van der Waals surface area contributed by atoms with Crippen molar-refractivity contribution in [1.29, 1.82) is 0 Å². The van der Waals surface area contributed by atoms with Crippen LogP contribution in [-0.2, 0) is 20.9 Å².